The molecule has 0 amide bonds. The molecule has 0 fully saturated rings. The van der Waals surface area contributed by atoms with Gasteiger partial charge in [-0.3, -0.25) is 9.59 Å². The van der Waals surface area contributed by atoms with Crippen molar-refractivity contribution in [2.75, 3.05) is 41.0 Å². The maximum atomic E-state index is 12.8. The number of likely N-dealkylation sites (N-methyl/N-ethyl adjacent to an activating group) is 1. The summed E-state index contributed by atoms with van der Waals surface area (Å²) >= 11 is 0. The van der Waals surface area contributed by atoms with Gasteiger partial charge in [0, 0.05) is 19.3 Å². The number of quaternary nitrogens is 1. The minimum Gasteiger partial charge on any atom is -0.477 e. The van der Waals surface area contributed by atoms with E-state index in [0.29, 0.717) is 19.3 Å². The highest BCUT2D eigenvalue weighted by Crippen LogP contribution is 2.15. The second-order valence-electron chi connectivity index (χ2n) is 18.1. The fraction of sp³-hybridized carbons (Fsp3) is 0.827. The van der Waals surface area contributed by atoms with Gasteiger partial charge in [0.1, 0.15) is 6.61 Å². The number of hydrogen-bond acceptors (Lipinski definition) is 6. The fourth-order valence-electron chi connectivity index (χ4n) is 7.37. The Morgan fingerprint density at radius 2 is 0.883 bits per heavy atom. The van der Waals surface area contributed by atoms with Gasteiger partial charge in [0.15, 0.2) is 12.1 Å². The van der Waals surface area contributed by atoms with Gasteiger partial charge in [0.05, 0.1) is 34.4 Å². The van der Waals surface area contributed by atoms with Crippen LogP contribution in [0.4, 0.5) is 0 Å². The van der Waals surface area contributed by atoms with E-state index in [9.17, 15) is 19.5 Å². The van der Waals surface area contributed by atoms with Gasteiger partial charge in [-0.1, -0.05) is 179 Å². The summed E-state index contributed by atoms with van der Waals surface area (Å²) in [7, 11) is 5.53. The van der Waals surface area contributed by atoms with Crippen molar-refractivity contribution < 1.29 is 38.2 Å². The molecule has 0 aromatic heterocycles. The molecule has 2 atom stereocenters. The van der Waals surface area contributed by atoms with Crippen LogP contribution in [0.1, 0.15) is 226 Å². The number of ether oxygens (including phenoxy) is 3. The summed E-state index contributed by atoms with van der Waals surface area (Å²) in [5.41, 5.74) is 0. The first-order chi connectivity index (χ1) is 29.1. The van der Waals surface area contributed by atoms with Crippen LogP contribution in [0, 0.1) is 0 Å². The zero-order valence-corrected chi connectivity index (χ0v) is 39.9. The van der Waals surface area contributed by atoms with Crippen LogP contribution in [0.5, 0.6) is 0 Å². The normalized spacial score (nSPS) is 13.2. The lowest BCUT2D eigenvalue weighted by atomic mass is 10.1. The van der Waals surface area contributed by atoms with Crippen molar-refractivity contribution in [3.8, 4) is 0 Å². The molecular formula is C52H96NO7+. The van der Waals surface area contributed by atoms with Crippen molar-refractivity contribution in [2.45, 2.75) is 238 Å². The number of unbranched alkanes of at least 4 members (excludes halogenated alkanes) is 26. The van der Waals surface area contributed by atoms with E-state index in [1.165, 1.54) is 154 Å². The monoisotopic (exact) mass is 847 g/mol. The third-order valence-electron chi connectivity index (χ3n) is 11.3. The Bertz CT molecular complexity index is 1080. The molecule has 0 bridgehead atoms. The zero-order valence-electron chi connectivity index (χ0n) is 39.9. The summed E-state index contributed by atoms with van der Waals surface area (Å²) in [4.78, 5) is 37.1. The molecule has 0 saturated heterocycles. The number of carbonyl (C=O) groups is 3. The highest BCUT2D eigenvalue weighted by Gasteiger charge is 2.31. The predicted octanol–water partition coefficient (Wildman–Crippen LogP) is 14.2. The van der Waals surface area contributed by atoms with Crippen LogP contribution < -0.4 is 0 Å². The number of rotatable bonds is 45. The van der Waals surface area contributed by atoms with Crippen LogP contribution in [-0.2, 0) is 28.6 Å². The first kappa shape index (κ1) is 57.5. The molecule has 0 aliphatic rings. The summed E-state index contributed by atoms with van der Waals surface area (Å²) in [5, 5.41) is 9.64. The summed E-state index contributed by atoms with van der Waals surface area (Å²) in [5.74, 6) is -1.47. The molecule has 0 aliphatic heterocycles. The third kappa shape index (κ3) is 40.9. The molecule has 1 N–H and O–H groups in total. The van der Waals surface area contributed by atoms with Gasteiger partial charge in [0.2, 0.25) is 0 Å². The van der Waals surface area contributed by atoms with Gasteiger partial charge in [-0.15, -0.1) is 0 Å². The van der Waals surface area contributed by atoms with E-state index >= 15 is 0 Å². The maximum Gasteiger partial charge on any atom is 0.362 e. The van der Waals surface area contributed by atoms with E-state index in [1.54, 1.807) is 0 Å². The topological polar surface area (TPSA) is 99.1 Å². The highest BCUT2D eigenvalue weighted by molar-refractivity contribution is 5.72. The molecular weight excluding hydrogens is 751 g/mol. The van der Waals surface area contributed by atoms with Crippen molar-refractivity contribution in [1.29, 1.82) is 0 Å². The number of esters is 2. The Kier molecular flexibility index (Phi) is 41.4. The molecule has 0 spiro atoms. The quantitative estimate of drug-likeness (QED) is 0.0214. The van der Waals surface area contributed by atoms with E-state index < -0.39 is 18.1 Å². The van der Waals surface area contributed by atoms with Crippen molar-refractivity contribution in [3.05, 3.63) is 36.5 Å². The number of hydrogen-bond donors (Lipinski definition) is 1. The summed E-state index contributed by atoms with van der Waals surface area (Å²) in [6, 6.07) is -0.615. The first-order valence-corrected chi connectivity index (χ1v) is 25.0. The van der Waals surface area contributed by atoms with Crippen molar-refractivity contribution in [1.82, 2.24) is 0 Å². The summed E-state index contributed by atoms with van der Waals surface area (Å²) in [6.07, 6.45) is 50.4. The minimum atomic E-state index is -0.875. The second-order valence-corrected chi connectivity index (χ2v) is 18.1. The van der Waals surface area contributed by atoms with Crippen LogP contribution in [0.15, 0.2) is 36.5 Å². The van der Waals surface area contributed by atoms with Gasteiger partial charge in [-0.25, -0.2) is 4.79 Å². The van der Waals surface area contributed by atoms with Crippen molar-refractivity contribution in [3.63, 3.8) is 0 Å². The number of carboxylic acids is 1. The van der Waals surface area contributed by atoms with E-state index in [4.69, 9.17) is 14.2 Å². The molecule has 0 radical (unpaired) electrons. The molecule has 0 saturated carbocycles. The molecule has 8 heteroatoms. The summed E-state index contributed by atoms with van der Waals surface area (Å²) in [6.45, 7) is 4.72. The number of nitrogens with zero attached hydrogens (tertiary/aromatic N) is 1. The molecule has 0 aromatic rings. The van der Waals surface area contributed by atoms with Crippen molar-refractivity contribution in [2.24, 2.45) is 0 Å². The van der Waals surface area contributed by atoms with E-state index in [2.05, 4.69) is 50.3 Å². The van der Waals surface area contributed by atoms with Gasteiger partial charge >= 0.3 is 17.9 Å². The van der Waals surface area contributed by atoms with Gasteiger partial charge < -0.3 is 23.8 Å². The average Bonchev–Trinajstić information content (AvgIpc) is 3.21. The predicted molar refractivity (Wildman–Crippen MR) is 252 cm³/mol. The molecule has 0 rings (SSSR count). The van der Waals surface area contributed by atoms with Gasteiger partial charge in [0.25, 0.3) is 0 Å². The summed E-state index contributed by atoms with van der Waals surface area (Å²) < 4.78 is 17.3. The van der Waals surface area contributed by atoms with E-state index in [1.807, 2.05) is 21.1 Å². The molecule has 2 unspecified atom stereocenters. The first-order valence-electron chi connectivity index (χ1n) is 25.0. The van der Waals surface area contributed by atoms with Crippen molar-refractivity contribution >= 4 is 17.9 Å². The average molecular weight is 847 g/mol. The van der Waals surface area contributed by atoms with Crippen LogP contribution in [0.3, 0.4) is 0 Å². The Balaban J connectivity index is 4.26. The van der Waals surface area contributed by atoms with Crippen LogP contribution >= 0.6 is 0 Å². The molecule has 0 heterocycles. The Morgan fingerprint density at radius 1 is 0.500 bits per heavy atom. The third-order valence-corrected chi connectivity index (χ3v) is 11.3. The van der Waals surface area contributed by atoms with Gasteiger partial charge in [-0.05, 0) is 64.2 Å². The number of carbonyl (C=O) groups excluding carboxylic acids is 2. The minimum absolute atomic E-state index is 0.0526. The lowest BCUT2D eigenvalue weighted by molar-refractivity contribution is -0.887. The SMILES string of the molecule is CCCCC/C=C/C=C/CCCCCCCCCCCCC(=O)OCC(COCCC(C(=O)O)[N+](C)(C)C)OC(=O)CCCCCCCCC/C=C/CCCCCCCC. The van der Waals surface area contributed by atoms with E-state index in [0.717, 1.165) is 38.5 Å². The van der Waals surface area contributed by atoms with Gasteiger partial charge in [-0.2, -0.15) is 0 Å². The lowest BCUT2D eigenvalue weighted by Gasteiger charge is -2.31. The molecule has 8 nitrogen and oxygen atoms in total. The van der Waals surface area contributed by atoms with Crippen LogP contribution in [0.25, 0.3) is 0 Å². The highest BCUT2D eigenvalue weighted by atomic mass is 16.6. The molecule has 60 heavy (non-hydrogen) atoms. The second kappa shape index (κ2) is 43.2. The number of allylic oxidation sites excluding steroid dienone is 6. The Labute approximate surface area is 370 Å². The number of aliphatic carboxylic acids is 1. The Hall–Kier alpha value is -2.45. The largest absolute Gasteiger partial charge is 0.477 e. The maximum absolute atomic E-state index is 12.8. The van der Waals surface area contributed by atoms with Crippen LogP contribution in [-0.4, -0.2) is 80.6 Å². The standard InChI is InChI=1S/C52H95NO7/c1-6-8-10-12-14-16-18-20-22-24-25-27-28-30-32-34-36-38-40-42-50(54)59-47-48(46-58-45-44-49(52(56)57)53(3,4)5)60-51(55)43-41-39-37-35-33-31-29-26-23-21-19-17-15-13-11-9-7-2/h14,16,18,20-21,23,48-49H,6-13,15,17,19,22,24-47H2,1-5H3/p+1/b16-14+,20-18+,23-21+. The smallest absolute Gasteiger partial charge is 0.362 e. The molecule has 0 aliphatic carbocycles. The zero-order chi connectivity index (χ0) is 44.2. The van der Waals surface area contributed by atoms with E-state index in [-0.39, 0.29) is 36.2 Å². The Morgan fingerprint density at radius 3 is 1.33 bits per heavy atom. The molecule has 350 valence electrons. The fourth-order valence-corrected chi connectivity index (χ4v) is 7.37. The van der Waals surface area contributed by atoms with Crippen LogP contribution in [0.2, 0.25) is 0 Å². The molecule has 0 aromatic carbocycles. The number of carboxylic acid groups (broad SMARTS) is 1. The lowest BCUT2D eigenvalue weighted by Crippen LogP contribution is -2.50.